The smallest absolute Gasteiger partial charge is 0.257 e. The Labute approximate surface area is 150 Å². The molecule has 8 nitrogen and oxygen atoms in total. The van der Waals surface area contributed by atoms with Crippen molar-refractivity contribution in [3.05, 3.63) is 55.0 Å². The first-order chi connectivity index (χ1) is 12.8. The third kappa shape index (κ3) is 3.27. The van der Waals surface area contributed by atoms with Gasteiger partial charge >= 0.3 is 0 Å². The molecule has 0 aliphatic carbocycles. The third-order valence-corrected chi connectivity index (χ3v) is 3.94. The average Bonchev–Trinajstić information content (AvgIpc) is 3.35. The molecule has 0 amide bonds. The fourth-order valence-electron chi connectivity index (χ4n) is 2.70. The van der Waals surface area contributed by atoms with Gasteiger partial charge in [0.05, 0.1) is 5.52 Å². The third-order valence-electron chi connectivity index (χ3n) is 3.94. The largest absolute Gasteiger partial charge is 0.385 e. The van der Waals surface area contributed by atoms with E-state index in [9.17, 15) is 0 Å². The first-order valence-corrected chi connectivity index (χ1v) is 8.40. The summed E-state index contributed by atoms with van der Waals surface area (Å²) in [5.74, 6) is 1.52. The number of aromatic nitrogens is 6. The summed E-state index contributed by atoms with van der Waals surface area (Å²) in [6.07, 6.45) is 6.32. The van der Waals surface area contributed by atoms with Crippen LogP contribution in [0.4, 0.5) is 5.95 Å². The second-order valence-electron chi connectivity index (χ2n) is 5.73. The summed E-state index contributed by atoms with van der Waals surface area (Å²) < 4.78 is 8.65. The van der Waals surface area contributed by atoms with E-state index in [-0.39, 0.29) is 0 Å². The molecule has 4 rings (SSSR count). The molecule has 132 valence electrons. The summed E-state index contributed by atoms with van der Waals surface area (Å²) in [6.45, 7) is 1.39. The highest BCUT2D eigenvalue weighted by Crippen LogP contribution is 2.19. The Morgan fingerprint density at radius 1 is 1.00 bits per heavy atom. The van der Waals surface area contributed by atoms with Gasteiger partial charge in [-0.15, -0.1) is 0 Å². The summed E-state index contributed by atoms with van der Waals surface area (Å²) >= 11 is 0. The molecule has 0 spiro atoms. The number of ether oxygens (including phenoxy) is 1. The number of rotatable bonds is 7. The van der Waals surface area contributed by atoms with Gasteiger partial charge in [0.15, 0.2) is 0 Å². The maximum Gasteiger partial charge on any atom is 0.257 e. The van der Waals surface area contributed by atoms with E-state index >= 15 is 0 Å². The Morgan fingerprint density at radius 3 is 2.73 bits per heavy atom. The summed E-state index contributed by atoms with van der Waals surface area (Å²) in [4.78, 5) is 13.6. The Morgan fingerprint density at radius 2 is 1.88 bits per heavy atom. The van der Waals surface area contributed by atoms with Gasteiger partial charge in [0.25, 0.3) is 5.95 Å². The van der Waals surface area contributed by atoms with Crippen molar-refractivity contribution in [1.82, 2.24) is 29.3 Å². The highest BCUT2D eigenvalue weighted by molar-refractivity contribution is 5.81. The van der Waals surface area contributed by atoms with Crippen LogP contribution in [-0.4, -0.2) is 49.6 Å². The van der Waals surface area contributed by atoms with E-state index in [0.29, 0.717) is 31.0 Å². The number of nitrogens with one attached hydrogen (secondary N) is 1. The molecule has 1 aromatic carbocycles. The summed E-state index contributed by atoms with van der Waals surface area (Å²) in [6, 6.07) is 12.0. The van der Waals surface area contributed by atoms with E-state index in [4.69, 9.17) is 4.74 Å². The van der Waals surface area contributed by atoms with Crippen LogP contribution in [0, 0.1) is 0 Å². The van der Waals surface area contributed by atoms with Crippen LogP contribution in [0.25, 0.3) is 22.8 Å². The van der Waals surface area contributed by atoms with E-state index in [2.05, 4.69) is 31.4 Å². The lowest BCUT2D eigenvalue weighted by Gasteiger charge is -2.10. The zero-order valence-electron chi connectivity index (χ0n) is 14.4. The highest BCUT2D eigenvalue weighted by Gasteiger charge is 2.12. The van der Waals surface area contributed by atoms with E-state index in [1.165, 1.54) is 0 Å². The topological polar surface area (TPSA) is 82.7 Å². The number of benzene rings is 1. The number of methoxy groups -OCH3 is 1. The van der Waals surface area contributed by atoms with Crippen LogP contribution in [0.15, 0.2) is 55.0 Å². The molecule has 0 atom stereocenters. The average molecular weight is 349 g/mol. The first kappa shape index (κ1) is 16.2. The zero-order valence-corrected chi connectivity index (χ0v) is 14.4. The van der Waals surface area contributed by atoms with Gasteiger partial charge in [-0.2, -0.15) is 20.1 Å². The predicted octanol–water partition coefficient (Wildman–Crippen LogP) is 2.45. The second-order valence-corrected chi connectivity index (χ2v) is 5.73. The SMILES string of the molecule is COCCCNc1nc(-n2cccn2)nc(-n2ccc3ccccc32)n1. The highest BCUT2D eigenvalue weighted by atomic mass is 16.5. The van der Waals surface area contributed by atoms with Crippen molar-refractivity contribution in [1.29, 1.82) is 0 Å². The molecule has 0 saturated heterocycles. The molecule has 1 N–H and O–H groups in total. The number of anilines is 1. The van der Waals surface area contributed by atoms with Gasteiger partial charge in [0, 0.05) is 44.2 Å². The van der Waals surface area contributed by atoms with Crippen molar-refractivity contribution in [2.75, 3.05) is 25.6 Å². The van der Waals surface area contributed by atoms with Crippen molar-refractivity contribution in [3.63, 3.8) is 0 Å². The van der Waals surface area contributed by atoms with E-state index < -0.39 is 0 Å². The summed E-state index contributed by atoms with van der Waals surface area (Å²) in [7, 11) is 1.69. The molecule has 0 unspecified atom stereocenters. The number of nitrogens with zero attached hydrogens (tertiary/aromatic N) is 6. The van der Waals surface area contributed by atoms with Crippen molar-refractivity contribution in [3.8, 4) is 11.9 Å². The molecular formula is C18H19N7O. The number of hydrogen-bond acceptors (Lipinski definition) is 6. The molecule has 0 radical (unpaired) electrons. The Balaban J connectivity index is 1.74. The fraction of sp³-hybridized carbons (Fsp3) is 0.222. The van der Waals surface area contributed by atoms with Crippen LogP contribution in [0.2, 0.25) is 0 Å². The van der Waals surface area contributed by atoms with Crippen LogP contribution < -0.4 is 5.32 Å². The van der Waals surface area contributed by atoms with E-state index in [1.54, 1.807) is 18.0 Å². The van der Waals surface area contributed by atoms with Gasteiger partial charge < -0.3 is 10.1 Å². The van der Waals surface area contributed by atoms with E-state index in [1.807, 2.05) is 47.3 Å². The minimum absolute atomic E-state index is 0.465. The summed E-state index contributed by atoms with van der Waals surface area (Å²) in [5, 5.41) is 8.59. The first-order valence-electron chi connectivity index (χ1n) is 8.40. The quantitative estimate of drug-likeness (QED) is 0.516. The zero-order chi connectivity index (χ0) is 17.8. The minimum atomic E-state index is 0.465. The molecule has 8 heteroatoms. The molecule has 0 aliphatic rings. The number of fused-ring (bicyclic) bond motifs is 1. The lowest BCUT2D eigenvalue weighted by molar-refractivity contribution is 0.197. The monoisotopic (exact) mass is 349 g/mol. The van der Waals surface area contributed by atoms with Gasteiger partial charge in [-0.05, 0) is 24.6 Å². The Bertz CT molecular complexity index is 994. The van der Waals surface area contributed by atoms with Gasteiger partial charge in [-0.25, -0.2) is 4.68 Å². The molecule has 3 heterocycles. The molecule has 3 aromatic heterocycles. The summed E-state index contributed by atoms with van der Waals surface area (Å²) in [5.41, 5.74) is 1.04. The molecule has 0 fully saturated rings. The molecule has 0 saturated carbocycles. The van der Waals surface area contributed by atoms with Crippen molar-refractivity contribution < 1.29 is 4.74 Å². The van der Waals surface area contributed by atoms with Crippen molar-refractivity contribution in [2.24, 2.45) is 0 Å². The molecule has 0 bridgehead atoms. The van der Waals surface area contributed by atoms with Gasteiger partial charge in [0.1, 0.15) is 0 Å². The van der Waals surface area contributed by atoms with Gasteiger partial charge in [-0.1, -0.05) is 18.2 Å². The Kier molecular flexibility index (Phi) is 4.57. The lowest BCUT2D eigenvalue weighted by Crippen LogP contribution is -2.14. The van der Waals surface area contributed by atoms with Gasteiger partial charge in [-0.3, -0.25) is 4.57 Å². The maximum atomic E-state index is 5.08. The van der Waals surface area contributed by atoms with Gasteiger partial charge in [0.2, 0.25) is 11.9 Å². The van der Waals surface area contributed by atoms with Crippen LogP contribution in [0.3, 0.4) is 0 Å². The minimum Gasteiger partial charge on any atom is -0.385 e. The van der Waals surface area contributed by atoms with Crippen LogP contribution in [0.1, 0.15) is 6.42 Å². The fourth-order valence-corrected chi connectivity index (χ4v) is 2.70. The normalized spacial score (nSPS) is 11.1. The maximum absolute atomic E-state index is 5.08. The number of hydrogen-bond donors (Lipinski definition) is 1. The van der Waals surface area contributed by atoms with Crippen molar-refractivity contribution in [2.45, 2.75) is 6.42 Å². The van der Waals surface area contributed by atoms with Crippen LogP contribution >= 0.6 is 0 Å². The molecular weight excluding hydrogens is 330 g/mol. The predicted molar refractivity (Wildman–Crippen MR) is 98.8 cm³/mol. The second kappa shape index (κ2) is 7.32. The molecule has 26 heavy (non-hydrogen) atoms. The van der Waals surface area contributed by atoms with Crippen molar-refractivity contribution >= 4 is 16.9 Å². The number of para-hydroxylation sites is 1. The van der Waals surface area contributed by atoms with Crippen LogP contribution in [0.5, 0.6) is 0 Å². The molecule has 4 aromatic rings. The standard InChI is InChI=1S/C18H19N7O/c1-26-13-5-9-19-16-21-17(23-18(22-16)25-11-4-10-20-25)24-12-8-14-6-2-3-7-15(14)24/h2-4,6-8,10-12H,5,9,13H2,1H3,(H,19,21,22,23). The van der Waals surface area contributed by atoms with Crippen LogP contribution in [-0.2, 0) is 4.74 Å². The lowest BCUT2D eigenvalue weighted by atomic mass is 10.2. The Hall–Kier alpha value is -3.26. The van der Waals surface area contributed by atoms with E-state index in [0.717, 1.165) is 17.3 Å². The molecule has 0 aliphatic heterocycles.